The molecule has 1 N–H and O–H groups in total. The molecule has 0 fully saturated rings. The second-order valence-electron chi connectivity index (χ2n) is 4.16. The maximum atomic E-state index is 13.9. The molecule has 0 aliphatic rings. The van der Waals surface area contributed by atoms with E-state index in [2.05, 4.69) is 21.2 Å². The molecule has 4 heteroatoms. The van der Waals surface area contributed by atoms with Gasteiger partial charge in [0, 0.05) is 5.56 Å². The molecule has 0 aliphatic heterocycles. The minimum absolute atomic E-state index is 0.223. The molecule has 96 valence electrons. The molecule has 2 rings (SSSR count). The highest BCUT2D eigenvalue weighted by Gasteiger charge is 2.20. The summed E-state index contributed by atoms with van der Waals surface area (Å²) in [5, 5.41) is 3.24. The number of nitrogens with one attached hydrogen (secondary N) is 1. The van der Waals surface area contributed by atoms with Crippen molar-refractivity contribution in [1.29, 1.82) is 0 Å². The zero-order chi connectivity index (χ0) is 13.1. The first-order valence-corrected chi connectivity index (χ1v) is 6.65. The van der Waals surface area contributed by atoms with E-state index >= 15 is 0 Å². The van der Waals surface area contributed by atoms with E-state index in [1.54, 1.807) is 6.07 Å². The lowest BCUT2D eigenvalue weighted by molar-refractivity contribution is 0.428. The molecule has 0 spiro atoms. The summed E-state index contributed by atoms with van der Waals surface area (Å²) < 4.78 is 20.1. The molecular formula is C14H15BrFNO. The third kappa shape index (κ3) is 2.82. The highest BCUT2D eigenvalue weighted by atomic mass is 79.9. The largest absolute Gasteiger partial charge is 0.452 e. The van der Waals surface area contributed by atoms with Crippen molar-refractivity contribution in [2.24, 2.45) is 0 Å². The molecule has 2 aromatic rings. The van der Waals surface area contributed by atoms with Gasteiger partial charge in [0.1, 0.15) is 11.6 Å². The highest BCUT2D eigenvalue weighted by molar-refractivity contribution is 9.10. The van der Waals surface area contributed by atoms with E-state index in [0.717, 1.165) is 12.1 Å². The first kappa shape index (κ1) is 13.3. The first-order chi connectivity index (χ1) is 8.61. The van der Waals surface area contributed by atoms with Crippen LogP contribution in [0.2, 0.25) is 0 Å². The maximum absolute atomic E-state index is 13.9. The molecule has 0 radical (unpaired) electrons. The van der Waals surface area contributed by atoms with Gasteiger partial charge in [-0.25, -0.2) is 4.39 Å². The van der Waals surface area contributed by atoms with Crippen LogP contribution >= 0.6 is 15.9 Å². The van der Waals surface area contributed by atoms with Gasteiger partial charge < -0.3 is 9.73 Å². The van der Waals surface area contributed by atoms with Gasteiger partial charge in [0.25, 0.3) is 0 Å². The van der Waals surface area contributed by atoms with Gasteiger partial charge >= 0.3 is 0 Å². The smallest absolute Gasteiger partial charge is 0.169 e. The van der Waals surface area contributed by atoms with Gasteiger partial charge in [-0.05, 0) is 47.6 Å². The maximum Gasteiger partial charge on any atom is 0.169 e. The minimum atomic E-state index is -0.263. The van der Waals surface area contributed by atoms with Crippen molar-refractivity contribution < 1.29 is 8.81 Å². The number of hydrogen-bond acceptors (Lipinski definition) is 2. The number of benzene rings is 1. The third-order valence-electron chi connectivity index (χ3n) is 2.75. The van der Waals surface area contributed by atoms with Crippen molar-refractivity contribution in [3.63, 3.8) is 0 Å². The lowest BCUT2D eigenvalue weighted by atomic mass is 10.0. The highest BCUT2D eigenvalue weighted by Crippen LogP contribution is 2.28. The van der Waals surface area contributed by atoms with E-state index < -0.39 is 0 Å². The van der Waals surface area contributed by atoms with Crippen LogP contribution < -0.4 is 5.32 Å². The molecule has 0 saturated carbocycles. The molecule has 1 unspecified atom stereocenters. The molecular weight excluding hydrogens is 297 g/mol. The number of furan rings is 1. The van der Waals surface area contributed by atoms with Gasteiger partial charge in [-0.3, -0.25) is 0 Å². The Kier molecular flexibility index (Phi) is 4.19. The molecule has 1 heterocycles. The SMILES string of the molecule is CCNC(c1ccc(Br)o1)c1cc(C)ccc1F. The van der Waals surface area contributed by atoms with Gasteiger partial charge in [-0.1, -0.05) is 24.6 Å². The summed E-state index contributed by atoms with van der Waals surface area (Å²) in [6.45, 7) is 4.67. The van der Waals surface area contributed by atoms with Crippen molar-refractivity contribution in [3.05, 3.63) is 57.7 Å². The average molecular weight is 312 g/mol. The zero-order valence-electron chi connectivity index (χ0n) is 10.3. The van der Waals surface area contributed by atoms with E-state index in [9.17, 15) is 4.39 Å². The predicted molar refractivity (Wildman–Crippen MR) is 73.1 cm³/mol. The van der Waals surface area contributed by atoms with E-state index in [0.29, 0.717) is 16.0 Å². The fraction of sp³-hybridized carbons (Fsp3) is 0.286. The van der Waals surface area contributed by atoms with Crippen LogP contribution in [0.5, 0.6) is 0 Å². The summed E-state index contributed by atoms with van der Waals surface area (Å²) in [6.07, 6.45) is 0. The van der Waals surface area contributed by atoms with Gasteiger partial charge in [-0.2, -0.15) is 0 Å². The second kappa shape index (κ2) is 5.67. The summed E-state index contributed by atoms with van der Waals surface area (Å²) in [7, 11) is 0. The normalized spacial score (nSPS) is 12.7. The van der Waals surface area contributed by atoms with Gasteiger partial charge in [-0.15, -0.1) is 0 Å². The molecule has 0 aliphatic carbocycles. The summed E-state index contributed by atoms with van der Waals surface area (Å²) in [5.74, 6) is 0.479. The van der Waals surface area contributed by atoms with Crippen LogP contribution in [0.15, 0.2) is 39.4 Å². The third-order valence-corrected chi connectivity index (χ3v) is 3.18. The Morgan fingerprint density at radius 2 is 2.11 bits per heavy atom. The van der Waals surface area contributed by atoms with Crippen LogP contribution in [-0.4, -0.2) is 6.54 Å². The van der Waals surface area contributed by atoms with Crippen LogP contribution in [0.1, 0.15) is 29.9 Å². The van der Waals surface area contributed by atoms with Crippen LogP contribution in [0.25, 0.3) is 0 Å². The molecule has 18 heavy (non-hydrogen) atoms. The number of rotatable bonds is 4. The van der Waals surface area contributed by atoms with Crippen molar-refractivity contribution in [2.45, 2.75) is 19.9 Å². The Bertz CT molecular complexity index is 538. The number of hydrogen-bond donors (Lipinski definition) is 1. The zero-order valence-corrected chi connectivity index (χ0v) is 11.9. The van der Waals surface area contributed by atoms with Crippen molar-refractivity contribution >= 4 is 15.9 Å². The summed E-state index contributed by atoms with van der Waals surface area (Å²) in [4.78, 5) is 0. The lowest BCUT2D eigenvalue weighted by Gasteiger charge is -2.17. The Labute approximate surface area is 114 Å². The van der Waals surface area contributed by atoms with Crippen LogP contribution in [-0.2, 0) is 0 Å². The topological polar surface area (TPSA) is 25.2 Å². The van der Waals surface area contributed by atoms with E-state index in [1.165, 1.54) is 6.07 Å². The minimum Gasteiger partial charge on any atom is -0.452 e. The standard InChI is InChI=1S/C14H15BrFNO/c1-3-17-14(12-6-7-13(15)18-12)10-8-9(2)4-5-11(10)16/h4-8,14,17H,3H2,1-2H3. The molecule has 2 nitrogen and oxygen atoms in total. The molecule has 1 atom stereocenters. The number of halogens is 2. The Morgan fingerprint density at radius 1 is 1.33 bits per heavy atom. The first-order valence-electron chi connectivity index (χ1n) is 5.86. The summed E-state index contributed by atoms with van der Waals surface area (Å²) in [6, 6.07) is 8.50. The monoisotopic (exact) mass is 311 g/mol. The Balaban J connectivity index is 2.44. The van der Waals surface area contributed by atoms with Crippen LogP contribution in [0.4, 0.5) is 4.39 Å². The Hall–Kier alpha value is -1.13. The van der Waals surface area contributed by atoms with Crippen molar-refractivity contribution in [3.8, 4) is 0 Å². The average Bonchev–Trinajstić information content (AvgIpc) is 2.76. The summed E-state index contributed by atoms with van der Waals surface area (Å²) >= 11 is 3.27. The van der Waals surface area contributed by atoms with Crippen LogP contribution in [0, 0.1) is 12.7 Å². The molecule has 0 amide bonds. The van der Waals surface area contributed by atoms with E-state index in [-0.39, 0.29) is 11.9 Å². The second-order valence-corrected chi connectivity index (χ2v) is 4.94. The van der Waals surface area contributed by atoms with Gasteiger partial charge in [0.2, 0.25) is 0 Å². The number of aryl methyl sites for hydroxylation is 1. The Morgan fingerprint density at radius 3 is 2.72 bits per heavy atom. The molecule has 0 saturated heterocycles. The van der Waals surface area contributed by atoms with E-state index in [4.69, 9.17) is 4.42 Å². The fourth-order valence-corrected chi connectivity index (χ4v) is 2.25. The molecule has 0 bridgehead atoms. The lowest BCUT2D eigenvalue weighted by Crippen LogP contribution is -2.22. The molecule has 1 aromatic carbocycles. The predicted octanol–water partition coefficient (Wildman–Crippen LogP) is 4.19. The van der Waals surface area contributed by atoms with Crippen molar-refractivity contribution in [2.75, 3.05) is 6.54 Å². The van der Waals surface area contributed by atoms with E-state index in [1.807, 2.05) is 32.0 Å². The van der Waals surface area contributed by atoms with Crippen LogP contribution in [0.3, 0.4) is 0 Å². The fourth-order valence-electron chi connectivity index (χ4n) is 1.94. The van der Waals surface area contributed by atoms with Gasteiger partial charge in [0.15, 0.2) is 4.67 Å². The van der Waals surface area contributed by atoms with Crippen molar-refractivity contribution in [1.82, 2.24) is 5.32 Å². The summed E-state index contributed by atoms with van der Waals surface area (Å²) in [5.41, 5.74) is 1.64. The quantitative estimate of drug-likeness (QED) is 0.916. The van der Waals surface area contributed by atoms with Gasteiger partial charge in [0.05, 0.1) is 6.04 Å². The molecule has 1 aromatic heterocycles.